The minimum atomic E-state index is -0.979. The van der Waals surface area contributed by atoms with E-state index in [2.05, 4.69) is 71.6 Å². The van der Waals surface area contributed by atoms with Gasteiger partial charge in [0.05, 0.1) is 26.0 Å². The summed E-state index contributed by atoms with van der Waals surface area (Å²) in [6, 6.07) is 15.5. The van der Waals surface area contributed by atoms with Crippen LogP contribution in [0.4, 0.5) is 0 Å². The first kappa shape index (κ1) is 26.4. The van der Waals surface area contributed by atoms with Crippen LogP contribution in [0.25, 0.3) is 11.0 Å². The van der Waals surface area contributed by atoms with Crippen LogP contribution in [0.3, 0.4) is 0 Å². The number of nitrogens with one attached hydrogen (secondary N) is 1. The number of halogens is 3. The van der Waals surface area contributed by atoms with Gasteiger partial charge in [-0.05, 0) is 98.8 Å². The lowest BCUT2D eigenvalue weighted by atomic mass is 10.1. The molecule has 0 radical (unpaired) electrons. The Morgan fingerprint density at radius 1 is 1.11 bits per heavy atom. The normalized spacial score (nSPS) is 11.1. The largest absolute Gasteiger partial charge is 0.493 e. The minimum absolute atomic E-state index is 0.158. The van der Waals surface area contributed by atoms with Gasteiger partial charge in [0, 0.05) is 9.86 Å². The molecule has 4 rings (SSSR count). The number of hydrazone groups is 1. The van der Waals surface area contributed by atoms with E-state index in [1.807, 2.05) is 18.2 Å². The molecule has 0 saturated carbocycles. The Morgan fingerprint density at radius 3 is 2.56 bits per heavy atom. The van der Waals surface area contributed by atoms with Crippen LogP contribution in [0.5, 0.6) is 11.5 Å². The first-order valence-corrected chi connectivity index (χ1v) is 13.2. The predicted molar refractivity (Wildman–Crippen MR) is 155 cm³/mol. The summed E-state index contributed by atoms with van der Waals surface area (Å²) in [5.74, 6) is -0.248. The molecule has 0 aliphatic rings. The molecule has 11 heteroatoms. The summed E-state index contributed by atoms with van der Waals surface area (Å²) in [5.41, 5.74) is 4.84. The molecule has 2 N–H and O–H groups in total. The molecule has 0 aliphatic carbocycles. The Hall–Kier alpha value is -2.65. The van der Waals surface area contributed by atoms with E-state index in [0.29, 0.717) is 22.6 Å². The lowest BCUT2D eigenvalue weighted by Crippen LogP contribution is -2.16. The number of carboxylic acid groups (broad SMARTS) is 1. The fourth-order valence-corrected chi connectivity index (χ4v) is 5.70. The van der Waals surface area contributed by atoms with Crippen molar-refractivity contribution in [3.05, 3.63) is 88.7 Å². The first-order valence-electron chi connectivity index (χ1n) is 10.3. The zero-order valence-electron chi connectivity index (χ0n) is 18.6. The van der Waals surface area contributed by atoms with E-state index >= 15 is 0 Å². The third kappa shape index (κ3) is 6.18. The van der Waals surface area contributed by atoms with Crippen molar-refractivity contribution in [2.75, 3.05) is 7.11 Å². The van der Waals surface area contributed by atoms with Gasteiger partial charge in [0.1, 0.15) is 12.2 Å². The minimum Gasteiger partial charge on any atom is -0.493 e. The SMILES string of the molecule is COc1cc(/C=N\NC(=O)c2cc3cc(Br)cc(I)c3o2)cc(I)c1OCc1ccc(C(=O)O)cc1. The molecule has 0 aliphatic heterocycles. The molecule has 184 valence electrons. The summed E-state index contributed by atoms with van der Waals surface area (Å²) in [7, 11) is 1.53. The van der Waals surface area contributed by atoms with Crippen molar-refractivity contribution in [3.63, 3.8) is 0 Å². The fourth-order valence-electron chi connectivity index (χ4n) is 3.26. The molecule has 1 heterocycles. The van der Waals surface area contributed by atoms with Gasteiger partial charge in [-0.15, -0.1) is 0 Å². The zero-order valence-corrected chi connectivity index (χ0v) is 24.5. The second-order valence-corrected chi connectivity index (χ2v) is 10.7. The number of aromatic carboxylic acids is 1. The highest BCUT2D eigenvalue weighted by Crippen LogP contribution is 2.34. The first-order chi connectivity index (χ1) is 17.2. The third-order valence-electron chi connectivity index (χ3n) is 4.98. The number of amides is 1. The van der Waals surface area contributed by atoms with E-state index in [-0.39, 0.29) is 17.9 Å². The molecule has 1 amide bonds. The Balaban J connectivity index is 1.44. The average molecular weight is 775 g/mol. The number of nitrogens with zero attached hydrogens (tertiary/aromatic N) is 1. The molecular weight excluding hydrogens is 758 g/mol. The van der Waals surface area contributed by atoms with Gasteiger partial charge >= 0.3 is 11.9 Å². The van der Waals surface area contributed by atoms with E-state index in [0.717, 1.165) is 22.6 Å². The Bertz CT molecular complexity index is 1480. The van der Waals surface area contributed by atoms with Crippen molar-refractivity contribution in [1.82, 2.24) is 5.43 Å². The molecular formula is C25H17BrI2N2O6. The lowest BCUT2D eigenvalue weighted by molar-refractivity contribution is 0.0696. The maximum Gasteiger partial charge on any atom is 0.335 e. The van der Waals surface area contributed by atoms with Crippen molar-refractivity contribution >= 4 is 90.2 Å². The van der Waals surface area contributed by atoms with Crippen LogP contribution in [-0.2, 0) is 6.61 Å². The number of hydrogen-bond donors (Lipinski definition) is 2. The molecule has 1 aromatic heterocycles. The highest BCUT2D eigenvalue weighted by Gasteiger charge is 2.15. The lowest BCUT2D eigenvalue weighted by Gasteiger charge is -2.13. The van der Waals surface area contributed by atoms with E-state index in [4.69, 9.17) is 19.0 Å². The molecule has 0 atom stereocenters. The van der Waals surface area contributed by atoms with Crippen LogP contribution in [0.15, 0.2) is 68.6 Å². The molecule has 0 bridgehead atoms. The number of carbonyl (C=O) groups is 2. The summed E-state index contributed by atoms with van der Waals surface area (Å²) in [6.07, 6.45) is 1.50. The summed E-state index contributed by atoms with van der Waals surface area (Å²) in [4.78, 5) is 23.5. The fraction of sp³-hybridized carbons (Fsp3) is 0.0800. The Labute approximate surface area is 241 Å². The monoisotopic (exact) mass is 774 g/mol. The van der Waals surface area contributed by atoms with Crippen molar-refractivity contribution in [2.24, 2.45) is 5.10 Å². The van der Waals surface area contributed by atoms with E-state index < -0.39 is 11.9 Å². The van der Waals surface area contributed by atoms with Crippen molar-refractivity contribution in [1.29, 1.82) is 0 Å². The molecule has 8 nitrogen and oxygen atoms in total. The van der Waals surface area contributed by atoms with Gasteiger partial charge in [0.2, 0.25) is 0 Å². The van der Waals surface area contributed by atoms with Gasteiger partial charge in [-0.2, -0.15) is 5.10 Å². The maximum absolute atomic E-state index is 12.5. The van der Waals surface area contributed by atoms with Crippen LogP contribution in [-0.4, -0.2) is 30.3 Å². The zero-order chi connectivity index (χ0) is 25.8. The second kappa shape index (κ2) is 11.6. The van der Waals surface area contributed by atoms with Crippen LogP contribution in [0, 0.1) is 7.14 Å². The van der Waals surface area contributed by atoms with Gasteiger partial charge in [-0.3, -0.25) is 4.79 Å². The highest BCUT2D eigenvalue weighted by molar-refractivity contribution is 14.1. The van der Waals surface area contributed by atoms with Gasteiger partial charge in [-0.1, -0.05) is 28.1 Å². The summed E-state index contributed by atoms with van der Waals surface area (Å²) in [5, 5.41) is 13.9. The van der Waals surface area contributed by atoms with Gasteiger partial charge < -0.3 is 19.0 Å². The second-order valence-electron chi connectivity index (χ2n) is 7.44. The standard InChI is InChI=1S/C25H17BrI2N2O6/c1-34-20-7-14(6-18(27)23(20)35-12-13-2-4-15(5-3-13)25(32)33)11-29-30-24(31)21-9-16-8-17(26)10-19(28)22(16)36-21/h2-11H,12H2,1H3,(H,30,31)(H,32,33)/b29-11-. The van der Waals surface area contributed by atoms with Crippen LogP contribution in [0.1, 0.15) is 32.0 Å². The number of rotatable bonds is 8. The molecule has 0 saturated heterocycles. The molecule has 36 heavy (non-hydrogen) atoms. The smallest absolute Gasteiger partial charge is 0.335 e. The van der Waals surface area contributed by atoms with E-state index in [1.54, 1.807) is 24.3 Å². The number of carboxylic acids is 1. The van der Waals surface area contributed by atoms with Crippen LogP contribution >= 0.6 is 61.1 Å². The third-order valence-corrected chi connectivity index (χ3v) is 7.04. The average Bonchev–Trinajstić information content (AvgIpc) is 3.28. The van der Waals surface area contributed by atoms with Crippen LogP contribution in [0.2, 0.25) is 0 Å². The number of ether oxygens (including phenoxy) is 2. The molecule has 0 unspecified atom stereocenters. The van der Waals surface area contributed by atoms with Gasteiger partial charge in [0.15, 0.2) is 17.3 Å². The number of hydrogen-bond acceptors (Lipinski definition) is 6. The Kier molecular flexibility index (Phi) is 8.51. The molecule has 4 aromatic rings. The van der Waals surface area contributed by atoms with Gasteiger partial charge in [0.25, 0.3) is 0 Å². The predicted octanol–water partition coefficient (Wildman–Crippen LogP) is 6.45. The molecule has 3 aromatic carbocycles. The number of benzene rings is 3. The number of fused-ring (bicyclic) bond motifs is 1. The van der Waals surface area contributed by atoms with Crippen molar-refractivity contribution < 1.29 is 28.6 Å². The van der Waals surface area contributed by atoms with E-state index in [1.165, 1.54) is 25.5 Å². The topological polar surface area (TPSA) is 110 Å². The van der Waals surface area contributed by atoms with Crippen molar-refractivity contribution in [2.45, 2.75) is 6.61 Å². The van der Waals surface area contributed by atoms with E-state index in [9.17, 15) is 9.59 Å². The summed E-state index contributed by atoms with van der Waals surface area (Å²) in [6.45, 7) is 0.239. The van der Waals surface area contributed by atoms with Crippen molar-refractivity contribution in [3.8, 4) is 11.5 Å². The number of carbonyl (C=O) groups excluding carboxylic acids is 1. The maximum atomic E-state index is 12.5. The highest BCUT2D eigenvalue weighted by atomic mass is 127. The van der Waals surface area contributed by atoms with Gasteiger partial charge in [-0.25, -0.2) is 10.2 Å². The summed E-state index contributed by atoms with van der Waals surface area (Å²) < 4.78 is 19.7. The van der Waals surface area contributed by atoms with Crippen LogP contribution < -0.4 is 14.9 Å². The molecule has 0 fully saturated rings. The summed E-state index contributed by atoms with van der Waals surface area (Å²) >= 11 is 7.72. The number of furan rings is 1. The molecule has 0 spiro atoms. The quantitative estimate of drug-likeness (QED) is 0.121. The Morgan fingerprint density at radius 2 is 1.86 bits per heavy atom. The number of methoxy groups -OCH3 is 1.